The molecule has 6 nitrogen and oxygen atoms in total. The first kappa shape index (κ1) is 15.2. The Labute approximate surface area is 112 Å². The van der Waals surface area contributed by atoms with Gasteiger partial charge in [0.15, 0.2) is 5.75 Å². The molecule has 2 unspecified atom stereocenters. The Balaban J connectivity index is 2.86. The molecule has 0 aliphatic carbocycles. The summed E-state index contributed by atoms with van der Waals surface area (Å²) in [5, 5.41) is 23.3. The lowest BCUT2D eigenvalue weighted by molar-refractivity contribution is -0.385. The van der Waals surface area contributed by atoms with E-state index >= 15 is 0 Å². The van der Waals surface area contributed by atoms with Crippen molar-refractivity contribution in [2.45, 2.75) is 39.3 Å². The number of aliphatic hydroxyl groups is 1. The summed E-state index contributed by atoms with van der Waals surface area (Å²) in [5.41, 5.74) is 0.692. The first-order chi connectivity index (χ1) is 8.93. The van der Waals surface area contributed by atoms with Crippen molar-refractivity contribution in [2.24, 2.45) is 0 Å². The number of benzene rings is 1. The van der Waals surface area contributed by atoms with Gasteiger partial charge < -0.3 is 15.2 Å². The first-order valence-electron chi connectivity index (χ1n) is 6.29. The molecule has 0 aliphatic heterocycles. The van der Waals surface area contributed by atoms with Crippen molar-refractivity contribution in [1.82, 2.24) is 0 Å². The molecule has 1 rings (SSSR count). The van der Waals surface area contributed by atoms with Crippen molar-refractivity contribution in [2.75, 3.05) is 11.9 Å². The van der Waals surface area contributed by atoms with Crippen LogP contribution in [0.2, 0.25) is 0 Å². The van der Waals surface area contributed by atoms with E-state index in [2.05, 4.69) is 5.32 Å². The van der Waals surface area contributed by atoms with E-state index < -0.39 is 11.0 Å². The zero-order valence-corrected chi connectivity index (χ0v) is 11.4. The molecular formula is C13H20N2O4. The van der Waals surface area contributed by atoms with E-state index in [1.807, 2.05) is 6.92 Å². The Morgan fingerprint density at radius 1 is 1.47 bits per heavy atom. The van der Waals surface area contributed by atoms with Crippen LogP contribution in [0.25, 0.3) is 0 Å². The van der Waals surface area contributed by atoms with E-state index in [0.717, 1.165) is 5.69 Å². The van der Waals surface area contributed by atoms with Gasteiger partial charge in [-0.05, 0) is 33.3 Å². The number of nitro groups is 1. The van der Waals surface area contributed by atoms with Crippen LogP contribution in [0.15, 0.2) is 18.2 Å². The zero-order valence-electron chi connectivity index (χ0n) is 11.4. The van der Waals surface area contributed by atoms with Crippen molar-refractivity contribution in [3.8, 4) is 5.75 Å². The van der Waals surface area contributed by atoms with E-state index in [1.165, 1.54) is 6.07 Å². The van der Waals surface area contributed by atoms with E-state index in [9.17, 15) is 15.2 Å². The number of ether oxygens (including phenoxy) is 1. The van der Waals surface area contributed by atoms with E-state index in [-0.39, 0.29) is 17.5 Å². The number of rotatable bonds is 7. The smallest absolute Gasteiger partial charge is 0.311 e. The Bertz CT molecular complexity index is 435. The fourth-order valence-electron chi connectivity index (χ4n) is 1.88. The van der Waals surface area contributed by atoms with Gasteiger partial charge >= 0.3 is 5.69 Å². The topological polar surface area (TPSA) is 84.6 Å². The second-order valence-electron chi connectivity index (χ2n) is 4.50. The predicted octanol–water partition coefficient (Wildman–Crippen LogP) is 2.56. The second-order valence-corrected chi connectivity index (χ2v) is 4.50. The number of hydrogen-bond donors (Lipinski definition) is 2. The molecule has 0 aliphatic rings. The number of aliphatic hydroxyl groups excluding tert-OH is 1. The molecule has 0 spiro atoms. The van der Waals surface area contributed by atoms with Gasteiger partial charge in [0.1, 0.15) is 0 Å². The molecule has 0 fully saturated rings. The minimum Gasteiger partial charge on any atom is -0.487 e. The number of hydrogen-bond acceptors (Lipinski definition) is 5. The number of anilines is 1. The third-order valence-electron chi connectivity index (χ3n) is 2.56. The number of nitrogens with one attached hydrogen (secondary N) is 1. The van der Waals surface area contributed by atoms with Crippen LogP contribution in [-0.2, 0) is 0 Å². The largest absolute Gasteiger partial charge is 0.487 e. The first-order valence-corrected chi connectivity index (χ1v) is 6.29. The van der Waals surface area contributed by atoms with Crippen LogP contribution in [0.4, 0.5) is 11.4 Å². The quantitative estimate of drug-likeness (QED) is 0.586. The molecule has 106 valence electrons. The van der Waals surface area contributed by atoms with Crippen LogP contribution in [0.5, 0.6) is 5.75 Å². The Hall–Kier alpha value is -1.82. The average Bonchev–Trinajstić information content (AvgIpc) is 2.27. The monoisotopic (exact) mass is 268 g/mol. The van der Waals surface area contributed by atoms with E-state index in [0.29, 0.717) is 13.0 Å². The fraction of sp³-hybridized carbons (Fsp3) is 0.538. The molecule has 1 aromatic rings. The molecule has 0 bridgehead atoms. The highest BCUT2D eigenvalue weighted by molar-refractivity contribution is 5.58. The van der Waals surface area contributed by atoms with Crippen LogP contribution >= 0.6 is 0 Å². The highest BCUT2D eigenvalue weighted by Gasteiger charge is 2.16. The van der Waals surface area contributed by atoms with Crippen LogP contribution in [-0.4, -0.2) is 28.8 Å². The minimum atomic E-state index is -0.464. The Morgan fingerprint density at radius 3 is 2.68 bits per heavy atom. The lowest BCUT2D eigenvalue weighted by Crippen LogP contribution is -2.20. The summed E-state index contributed by atoms with van der Waals surface area (Å²) >= 11 is 0. The summed E-state index contributed by atoms with van der Waals surface area (Å²) in [7, 11) is 0. The van der Waals surface area contributed by atoms with Crippen molar-refractivity contribution < 1.29 is 14.8 Å². The molecule has 2 atom stereocenters. The summed E-state index contributed by atoms with van der Waals surface area (Å²) in [6.45, 7) is 5.81. The molecule has 0 saturated heterocycles. The van der Waals surface area contributed by atoms with Crippen molar-refractivity contribution in [3.05, 3.63) is 28.3 Å². The van der Waals surface area contributed by atoms with Crippen molar-refractivity contribution in [1.29, 1.82) is 0 Å². The fourth-order valence-corrected chi connectivity index (χ4v) is 1.88. The van der Waals surface area contributed by atoms with Crippen LogP contribution in [0, 0.1) is 10.1 Å². The van der Waals surface area contributed by atoms with Crippen LogP contribution < -0.4 is 10.1 Å². The molecule has 19 heavy (non-hydrogen) atoms. The zero-order chi connectivity index (χ0) is 14.4. The third-order valence-corrected chi connectivity index (χ3v) is 2.56. The summed E-state index contributed by atoms with van der Waals surface area (Å²) in [5.74, 6) is 0.252. The highest BCUT2D eigenvalue weighted by atomic mass is 16.6. The van der Waals surface area contributed by atoms with Gasteiger partial charge in [-0.1, -0.05) is 0 Å². The van der Waals surface area contributed by atoms with Crippen molar-refractivity contribution >= 4 is 11.4 Å². The lowest BCUT2D eigenvalue weighted by Gasteiger charge is -2.17. The van der Waals surface area contributed by atoms with Crippen molar-refractivity contribution in [3.63, 3.8) is 0 Å². The maximum atomic E-state index is 10.8. The summed E-state index contributed by atoms with van der Waals surface area (Å²) in [6.07, 6.45) is 0.202. The van der Waals surface area contributed by atoms with Gasteiger partial charge in [-0.25, -0.2) is 0 Å². The molecule has 0 radical (unpaired) electrons. The third kappa shape index (κ3) is 4.75. The summed E-state index contributed by atoms with van der Waals surface area (Å²) in [4.78, 5) is 10.4. The molecule has 0 saturated carbocycles. The van der Waals surface area contributed by atoms with Gasteiger partial charge in [0.25, 0.3) is 0 Å². The van der Waals surface area contributed by atoms with Gasteiger partial charge in [0.2, 0.25) is 0 Å². The molecule has 0 heterocycles. The van der Waals surface area contributed by atoms with E-state index in [4.69, 9.17) is 4.74 Å². The van der Waals surface area contributed by atoms with Crippen LogP contribution in [0.1, 0.15) is 27.2 Å². The lowest BCUT2D eigenvalue weighted by atomic mass is 10.1. The number of nitro benzene ring substituents is 1. The SMILES string of the molecule is CCOc1cc(NC(C)CC(C)O)ccc1[N+](=O)[O-]. The summed E-state index contributed by atoms with van der Waals surface area (Å²) < 4.78 is 5.27. The van der Waals surface area contributed by atoms with Gasteiger partial charge in [-0.15, -0.1) is 0 Å². The molecule has 1 aromatic carbocycles. The average molecular weight is 268 g/mol. The maximum absolute atomic E-state index is 10.8. The molecule has 0 aromatic heterocycles. The molecule has 6 heteroatoms. The molecular weight excluding hydrogens is 248 g/mol. The minimum absolute atomic E-state index is 0.0458. The summed E-state index contributed by atoms with van der Waals surface area (Å²) in [6, 6.07) is 4.73. The van der Waals surface area contributed by atoms with E-state index in [1.54, 1.807) is 26.0 Å². The standard InChI is InChI=1S/C13H20N2O4/c1-4-19-13-8-11(5-6-12(13)15(17)18)14-9(2)7-10(3)16/h5-6,8-10,14,16H,4,7H2,1-3H3. The molecule has 2 N–H and O–H groups in total. The Morgan fingerprint density at radius 2 is 2.16 bits per heavy atom. The second kappa shape index (κ2) is 6.94. The Kier molecular flexibility index (Phi) is 5.57. The van der Waals surface area contributed by atoms with Gasteiger partial charge in [-0.3, -0.25) is 10.1 Å². The molecule has 0 amide bonds. The predicted molar refractivity (Wildman–Crippen MR) is 73.6 cm³/mol. The van der Waals surface area contributed by atoms with Gasteiger partial charge in [-0.2, -0.15) is 0 Å². The van der Waals surface area contributed by atoms with Gasteiger partial charge in [0, 0.05) is 23.9 Å². The normalized spacial score (nSPS) is 13.7. The van der Waals surface area contributed by atoms with Gasteiger partial charge in [0.05, 0.1) is 17.6 Å². The maximum Gasteiger partial charge on any atom is 0.311 e. The van der Waals surface area contributed by atoms with Crippen LogP contribution in [0.3, 0.4) is 0 Å². The number of nitrogens with zero attached hydrogens (tertiary/aromatic N) is 1. The highest BCUT2D eigenvalue weighted by Crippen LogP contribution is 2.30.